The van der Waals surface area contributed by atoms with Crippen molar-refractivity contribution in [2.24, 2.45) is 5.92 Å². The van der Waals surface area contributed by atoms with Gasteiger partial charge in [-0.05, 0) is 58.8 Å². The third kappa shape index (κ3) is 5.87. The summed E-state index contributed by atoms with van der Waals surface area (Å²) >= 11 is 0. The molecule has 1 saturated heterocycles. The summed E-state index contributed by atoms with van der Waals surface area (Å²) in [6, 6.07) is 0.365. The highest BCUT2D eigenvalue weighted by molar-refractivity contribution is 5.75. The van der Waals surface area contributed by atoms with Gasteiger partial charge in [-0.2, -0.15) is 0 Å². The summed E-state index contributed by atoms with van der Waals surface area (Å²) in [7, 11) is 0. The maximum Gasteiger partial charge on any atom is 0.317 e. The number of piperidine rings is 1. The van der Waals surface area contributed by atoms with Crippen LogP contribution in [0.3, 0.4) is 0 Å². The zero-order valence-corrected chi connectivity index (χ0v) is 15.5. The van der Waals surface area contributed by atoms with Gasteiger partial charge in [-0.15, -0.1) is 0 Å². The Labute approximate surface area is 146 Å². The Balaban J connectivity index is 1.63. The highest BCUT2D eigenvalue weighted by Crippen LogP contribution is 2.35. The molecule has 0 spiro atoms. The number of rotatable bonds is 4. The molecule has 0 bridgehead atoms. The van der Waals surface area contributed by atoms with Crippen molar-refractivity contribution in [3.8, 4) is 0 Å². The highest BCUT2D eigenvalue weighted by Gasteiger charge is 2.35. The van der Waals surface area contributed by atoms with Gasteiger partial charge in [-0.3, -0.25) is 0 Å². The van der Waals surface area contributed by atoms with E-state index in [4.69, 9.17) is 0 Å². The summed E-state index contributed by atoms with van der Waals surface area (Å²) < 4.78 is 0. The quantitative estimate of drug-likeness (QED) is 0.690. The molecule has 1 aliphatic carbocycles. The lowest BCUT2D eigenvalue weighted by Gasteiger charge is -2.44. The first-order valence-corrected chi connectivity index (χ1v) is 9.47. The van der Waals surface area contributed by atoms with Crippen LogP contribution in [0, 0.1) is 5.92 Å². The smallest absolute Gasteiger partial charge is 0.317 e. The summed E-state index contributed by atoms with van der Waals surface area (Å²) in [6.45, 7) is 7.90. The number of urea groups is 2. The van der Waals surface area contributed by atoms with Gasteiger partial charge in [0, 0.05) is 31.2 Å². The first-order chi connectivity index (χ1) is 11.4. The lowest BCUT2D eigenvalue weighted by atomic mass is 9.78. The third-order valence-electron chi connectivity index (χ3n) is 4.91. The Morgan fingerprint density at radius 1 is 1.00 bits per heavy atom. The number of carbonyl (C=O) groups excluding carboxylic acids is 2. The molecule has 6 nitrogen and oxygen atoms in total. The second-order valence-electron chi connectivity index (χ2n) is 8.16. The molecule has 2 fully saturated rings. The molecule has 138 valence electrons. The minimum Gasteiger partial charge on any atom is -0.338 e. The molecule has 0 aromatic carbocycles. The van der Waals surface area contributed by atoms with Gasteiger partial charge in [0.1, 0.15) is 0 Å². The van der Waals surface area contributed by atoms with Gasteiger partial charge in [0.15, 0.2) is 0 Å². The lowest BCUT2D eigenvalue weighted by molar-refractivity contribution is 0.0843. The van der Waals surface area contributed by atoms with Crippen molar-refractivity contribution in [3.63, 3.8) is 0 Å². The van der Waals surface area contributed by atoms with Crippen molar-refractivity contribution in [2.45, 2.75) is 77.3 Å². The van der Waals surface area contributed by atoms with Crippen LogP contribution in [0.25, 0.3) is 0 Å². The Kier molecular flexibility index (Phi) is 6.75. The van der Waals surface area contributed by atoms with Crippen molar-refractivity contribution >= 4 is 12.1 Å². The van der Waals surface area contributed by atoms with E-state index in [1.54, 1.807) is 0 Å². The fourth-order valence-electron chi connectivity index (χ4n) is 3.85. The van der Waals surface area contributed by atoms with Gasteiger partial charge in [-0.25, -0.2) is 9.59 Å². The van der Waals surface area contributed by atoms with Crippen LogP contribution in [0.4, 0.5) is 9.59 Å². The van der Waals surface area contributed by atoms with Gasteiger partial charge in [-0.1, -0.05) is 12.8 Å². The van der Waals surface area contributed by atoms with Crippen LogP contribution in [-0.4, -0.2) is 48.2 Å². The fourth-order valence-corrected chi connectivity index (χ4v) is 3.85. The molecule has 1 saturated carbocycles. The van der Waals surface area contributed by atoms with E-state index in [-0.39, 0.29) is 17.6 Å². The first-order valence-electron chi connectivity index (χ1n) is 9.47. The van der Waals surface area contributed by atoms with E-state index in [0.717, 1.165) is 25.8 Å². The van der Waals surface area contributed by atoms with E-state index in [2.05, 4.69) is 20.9 Å². The van der Waals surface area contributed by atoms with E-state index in [0.29, 0.717) is 25.0 Å². The molecule has 2 rings (SSSR count). The summed E-state index contributed by atoms with van der Waals surface area (Å²) in [5.74, 6) is 0.709. The summed E-state index contributed by atoms with van der Waals surface area (Å²) in [5, 5.41) is 8.70. The van der Waals surface area contributed by atoms with E-state index >= 15 is 0 Å². The van der Waals surface area contributed by atoms with Crippen molar-refractivity contribution in [1.82, 2.24) is 20.9 Å². The van der Waals surface area contributed by atoms with Crippen LogP contribution in [0.15, 0.2) is 0 Å². The zero-order chi connectivity index (χ0) is 17.6. The first kappa shape index (κ1) is 18.9. The normalized spacial score (nSPS) is 24.0. The number of likely N-dealkylation sites (tertiary alicyclic amines) is 1. The molecule has 0 aromatic heterocycles. The number of hydrogen-bond acceptors (Lipinski definition) is 2. The van der Waals surface area contributed by atoms with Crippen molar-refractivity contribution < 1.29 is 9.59 Å². The molecule has 1 heterocycles. The van der Waals surface area contributed by atoms with Crippen LogP contribution in [0.2, 0.25) is 0 Å². The molecular weight excluding hydrogens is 304 g/mol. The lowest BCUT2D eigenvalue weighted by Crippen LogP contribution is -2.53. The van der Waals surface area contributed by atoms with Gasteiger partial charge in [0.2, 0.25) is 0 Å². The Bertz CT molecular complexity index is 431. The van der Waals surface area contributed by atoms with E-state index in [1.807, 2.05) is 20.8 Å². The zero-order valence-electron chi connectivity index (χ0n) is 15.5. The number of hydrogen-bond donors (Lipinski definition) is 3. The van der Waals surface area contributed by atoms with Gasteiger partial charge < -0.3 is 20.9 Å². The van der Waals surface area contributed by atoms with Crippen LogP contribution in [0.5, 0.6) is 0 Å². The predicted octanol–water partition coefficient (Wildman–Crippen LogP) is 2.84. The SMILES string of the molecule is CC(C)(C)NC(=O)NCCCNC(=O)N1CCCC2CCCCC21. The van der Waals surface area contributed by atoms with Crippen LogP contribution >= 0.6 is 0 Å². The number of amides is 4. The predicted molar refractivity (Wildman–Crippen MR) is 96.0 cm³/mol. The van der Waals surface area contributed by atoms with Gasteiger partial charge in [0.25, 0.3) is 0 Å². The van der Waals surface area contributed by atoms with Crippen LogP contribution in [0.1, 0.15) is 65.7 Å². The molecule has 0 aromatic rings. The summed E-state index contributed by atoms with van der Waals surface area (Å²) in [4.78, 5) is 26.2. The van der Waals surface area contributed by atoms with Crippen LogP contribution < -0.4 is 16.0 Å². The number of carbonyl (C=O) groups is 2. The Morgan fingerprint density at radius 2 is 1.67 bits per heavy atom. The van der Waals surface area contributed by atoms with Crippen molar-refractivity contribution in [2.75, 3.05) is 19.6 Å². The van der Waals surface area contributed by atoms with E-state index < -0.39 is 0 Å². The molecule has 1 aliphatic heterocycles. The number of nitrogens with zero attached hydrogens (tertiary/aromatic N) is 1. The minimum absolute atomic E-state index is 0.0748. The molecule has 4 amide bonds. The second-order valence-corrected chi connectivity index (χ2v) is 8.16. The minimum atomic E-state index is -0.233. The second kappa shape index (κ2) is 8.58. The molecule has 24 heavy (non-hydrogen) atoms. The Hall–Kier alpha value is -1.46. The largest absolute Gasteiger partial charge is 0.338 e. The summed E-state index contributed by atoms with van der Waals surface area (Å²) in [6.07, 6.45) is 8.15. The van der Waals surface area contributed by atoms with E-state index in [9.17, 15) is 9.59 Å². The Morgan fingerprint density at radius 3 is 2.42 bits per heavy atom. The molecule has 2 atom stereocenters. The van der Waals surface area contributed by atoms with Gasteiger partial charge in [0.05, 0.1) is 0 Å². The van der Waals surface area contributed by atoms with Crippen molar-refractivity contribution in [1.29, 1.82) is 0 Å². The van der Waals surface area contributed by atoms with E-state index in [1.165, 1.54) is 25.7 Å². The monoisotopic (exact) mass is 338 g/mol. The molecule has 2 aliphatic rings. The van der Waals surface area contributed by atoms with Crippen LogP contribution in [-0.2, 0) is 0 Å². The summed E-state index contributed by atoms with van der Waals surface area (Å²) in [5.41, 5.74) is -0.233. The maximum atomic E-state index is 12.5. The van der Waals surface area contributed by atoms with Gasteiger partial charge >= 0.3 is 12.1 Å². The third-order valence-corrected chi connectivity index (χ3v) is 4.91. The highest BCUT2D eigenvalue weighted by atomic mass is 16.2. The van der Waals surface area contributed by atoms with Crippen molar-refractivity contribution in [3.05, 3.63) is 0 Å². The fraction of sp³-hybridized carbons (Fsp3) is 0.889. The number of fused-ring (bicyclic) bond motifs is 1. The standard InChI is InChI=1S/C18H34N4O2/c1-18(2,3)21-16(23)19-11-7-12-20-17(24)22-13-6-9-14-8-4-5-10-15(14)22/h14-15H,4-13H2,1-3H3,(H,20,24)(H2,19,21,23). The molecule has 3 N–H and O–H groups in total. The maximum absolute atomic E-state index is 12.5. The molecule has 2 unspecified atom stereocenters. The number of nitrogens with one attached hydrogen (secondary N) is 3. The average Bonchev–Trinajstić information content (AvgIpc) is 2.52. The molecular formula is C18H34N4O2. The molecule has 6 heteroatoms. The topological polar surface area (TPSA) is 73.5 Å². The molecule has 0 radical (unpaired) electrons. The average molecular weight is 338 g/mol.